The van der Waals surface area contributed by atoms with Gasteiger partial charge in [0.1, 0.15) is 29.5 Å². The number of hydrogen-bond acceptors (Lipinski definition) is 5. The lowest BCUT2D eigenvalue weighted by atomic mass is 10.1. The molecule has 1 aliphatic rings. The Labute approximate surface area is 179 Å². The summed E-state index contributed by atoms with van der Waals surface area (Å²) in [6, 6.07) is 13.5. The van der Waals surface area contributed by atoms with Crippen molar-refractivity contribution in [2.75, 3.05) is 24.5 Å². The van der Waals surface area contributed by atoms with Gasteiger partial charge in [0.25, 0.3) is 0 Å². The number of aromatic nitrogens is 2. The van der Waals surface area contributed by atoms with Crippen molar-refractivity contribution in [2.45, 2.75) is 19.4 Å². The number of hydrogen-bond donors (Lipinski definition) is 0. The second-order valence-electron chi connectivity index (χ2n) is 7.46. The number of amides is 1. The molecule has 1 unspecified atom stereocenters. The maximum Gasteiger partial charge on any atom is 0.227 e. The minimum atomic E-state index is -0.387. The number of carbonyl (C=O) groups excluding carboxylic acids is 1. The molecule has 0 saturated carbocycles. The van der Waals surface area contributed by atoms with E-state index in [1.807, 2.05) is 11.8 Å². The molecule has 0 N–H and O–H groups in total. The second-order valence-corrected chi connectivity index (χ2v) is 7.46. The normalized spacial score (nSPS) is 16.3. The van der Waals surface area contributed by atoms with E-state index in [4.69, 9.17) is 4.74 Å². The van der Waals surface area contributed by atoms with Crippen LogP contribution in [0.15, 0.2) is 60.9 Å². The summed E-state index contributed by atoms with van der Waals surface area (Å²) in [5, 5.41) is 0. The van der Waals surface area contributed by atoms with Crippen LogP contribution in [-0.4, -0.2) is 46.5 Å². The Morgan fingerprint density at radius 3 is 2.61 bits per heavy atom. The van der Waals surface area contributed by atoms with E-state index in [1.54, 1.807) is 30.3 Å². The van der Waals surface area contributed by atoms with E-state index in [9.17, 15) is 13.6 Å². The summed E-state index contributed by atoms with van der Waals surface area (Å²) in [6.07, 6.45) is 1.64. The van der Waals surface area contributed by atoms with Gasteiger partial charge in [-0.1, -0.05) is 18.2 Å². The van der Waals surface area contributed by atoms with Crippen molar-refractivity contribution in [2.24, 2.45) is 0 Å². The lowest BCUT2D eigenvalue weighted by Gasteiger charge is -2.40. The number of halogens is 2. The van der Waals surface area contributed by atoms with E-state index in [1.165, 1.54) is 30.6 Å². The van der Waals surface area contributed by atoms with Gasteiger partial charge in [0.05, 0.1) is 6.42 Å². The number of carbonyl (C=O) groups is 1. The summed E-state index contributed by atoms with van der Waals surface area (Å²) in [6.45, 7) is 3.74. The van der Waals surface area contributed by atoms with Crippen LogP contribution in [0.2, 0.25) is 0 Å². The van der Waals surface area contributed by atoms with Crippen molar-refractivity contribution in [3.8, 4) is 11.6 Å². The third kappa shape index (κ3) is 5.14. The molecule has 1 aromatic heterocycles. The van der Waals surface area contributed by atoms with Crippen LogP contribution in [-0.2, 0) is 11.2 Å². The van der Waals surface area contributed by atoms with Crippen LogP contribution in [0, 0.1) is 11.6 Å². The standard InChI is InChI=1S/C23H22F2N4O2/c1-16-14-28(9-10-29(16)23(30)11-17-5-7-18(24)8-6-17)21-13-22(27-15-26-21)31-20-4-2-3-19(25)12-20/h2-8,12-13,15-16H,9-11,14H2,1H3. The van der Waals surface area contributed by atoms with Gasteiger partial charge in [-0.05, 0) is 36.8 Å². The van der Waals surface area contributed by atoms with Crippen molar-refractivity contribution in [1.82, 2.24) is 14.9 Å². The fraction of sp³-hybridized carbons (Fsp3) is 0.261. The Bertz CT molecular complexity index is 1060. The molecule has 31 heavy (non-hydrogen) atoms. The third-order valence-corrected chi connectivity index (χ3v) is 5.19. The van der Waals surface area contributed by atoms with Crippen LogP contribution in [0.25, 0.3) is 0 Å². The second kappa shape index (κ2) is 9.07. The Morgan fingerprint density at radius 1 is 1.06 bits per heavy atom. The zero-order valence-electron chi connectivity index (χ0n) is 17.0. The number of rotatable bonds is 5. The summed E-state index contributed by atoms with van der Waals surface area (Å²) in [4.78, 5) is 25.1. The highest BCUT2D eigenvalue weighted by Gasteiger charge is 2.28. The van der Waals surface area contributed by atoms with E-state index < -0.39 is 0 Å². The molecule has 160 valence electrons. The molecule has 2 aromatic carbocycles. The van der Waals surface area contributed by atoms with Crippen molar-refractivity contribution in [1.29, 1.82) is 0 Å². The number of ether oxygens (including phenoxy) is 1. The zero-order chi connectivity index (χ0) is 21.8. The first kappa shape index (κ1) is 20.7. The van der Waals surface area contributed by atoms with E-state index in [-0.39, 0.29) is 30.0 Å². The number of benzene rings is 2. The third-order valence-electron chi connectivity index (χ3n) is 5.19. The Hall–Kier alpha value is -3.55. The molecule has 1 aliphatic heterocycles. The van der Waals surface area contributed by atoms with Crippen LogP contribution < -0.4 is 9.64 Å². The average Bonchev–Trinajstić information content (AvgIpc) is 2.75. The minimum Gasteiger partial charge on any atom is -0.439 e. The van der Waals surface area contributed by atoms with Gasteiger partial charge in [-0.2, -0.15) is 0 Å². The Balaban J connectivity index is 1.39. The molecule has 3 aromatic rings. The lowest BCUT2D eigenvalue weighted by molar-refractivity contribution is -0.132. The van der Waals surface area contributed by atoms with Crippen molar-refractivity contribution in [3.63, 3.8) is 0 Å². The van der Waals surface area contributed by atoms with E-state index >= 15 is 0 Å². The molecule has 2 heterocycles. The van der Waals surface area contributed by atoms with Gasteiger partial charge in [-0.15, -0.1) is 0 Å². The first-order chi connectivity index (χ1) is 15.0. The Morgan fingerprint density at radius 2 is 1.87 bits per heavy atom. The topological polar surface area (TPSA) is 58.6 Å². The predicted molar refractivity (Wildman–Crippen MR) is 112 cm³/mol. The smallest absolute Gasteiger partial charge is 0.227 e. The molecule has 6 nitrogen and oxygen atoms in total. The van der Waals surface area contributed by atoms with Gasteiger partial charge < -0.3 is 14.5 Å². The van der Waals surface area contributed by atoms with Crippen LogP contribution in [0.5, 0.6) is 11.6 Å². The number of anilines is 1. The largest absolute Gasteiger partial charge is 0.439 e. The summed E-state index contributed by atoms with van der Waals surface area (Å²) in [5.74, 6) is 0.661. The maximum absolute atomic E-state index is 13.4. The molecule has 0 spiro atoms. The highest BCUT2D eigenvalue weighted by atomic mass is 19.1. The fourth-order valence-corrected chi connectivity index (χ4v) is 3.62. The zero-order valence-corrected chi connectivity index (χ0v) is 17.0. The quantitative estimate of drug-likeness (QED) is 0.623. The van der Waals surface area contributed by atoms with Crippen LogP contribution >= 0.6 is 0 Å². The first-order valence-electron chi connectivity index (χ1n) is 10.0. The fourth-order valence-electron chi connectivity index (χ4n) is 3.62. The van der Waals surface area contributed by atoms with Gasteiger partial charge in [-0.25, -0.2) is 18.7 Å². The predicted octanol–water partition coefficient (Wildman–Crippen LogP) is 3.83. The SMILES string of the molecule is CC1CN(c2cc(Oc3cccc(F)c3)ncn2)CCN1C(=O)Cc1ccc(F)cc1. The first-order valence-corrected chi connectivity index (χ1v) is 10.0. The monoisotopic (exact) mass is 424 g/mol. The average molecular weight is 424 g/mol. The number of piperazine rings is 1. The van der Waals surface area contributed by atoms with Crippen molar-refractivity contribution in [3.05, 3.63) is 78.1 Å². The summed E-state index contributed by atoms with van der Waals surface area (Å²) < 4.78 is 32.1. The highest BCUT2D eigenvalue weighted by molar-refractivity contribution is 5.79. The molecule has 8 heteroatoms. The van der Waals surface area contributed by atoms with E-state index in [0.29, 0.717) is 37.1 Å². The summed E-state index contributed by atoms with van der Waals surface area (Å²) in [7, 11) is 0. The molecule has 0 radical (unpaired) electrons. The molecular formula is C23H22F2N4O2. The Kier molecular flexibility index (Phi) is 6.06. The van der Waals surface area contributed by atoms with Gasteiger partial charge in [0, 0.05) is 37.8 Å². The van der Waals surface area contributed by atoms with Gasteiger partial charge in [-0.3, -0.25) is 4.79 Å². The summed E-state index contributed by atoms with van der Waals surface area (Å²) in [5.41, 5.74) is 0.788. The molecule has 1 atom stereocenters. The lowest BCUT2D eigenvalue weighted by Crippen LogP contribution is -2.54. The van der Waals surface area contributed by atoms with Crippen LogP contribution in [0.1, 0.15) is 12.5 Å². The molecule has 0 aliphatic carbocycles. The molecule has 1 amide bonds. The molecule has 1 fully saturated rings. The van der Waals surface area contributed by atoms with Gasteiger partial charge >= 0.3 is 0 Å². The highest BCUT2D eigenvalue weighted by Crippen LogP contribution is 2.24. The minimum absolute atomic E-state index is 0.0107. The maximum atomic E-state index is 13.4. The van der Waals surface area contributed by atoms with E-state index in [0.717, 1.165) is 5.56 Å². The van der Waals surface area contributed by atoms with Crippen molar-refractivity contribution < 1.29 is 18.3 Å². The van der Waals surface area contributed by atoms with Gasteiger partial charge in [0.15, 0.2) is 0 Å². The molecule has 0 bridgehead atoms. The van der Waals surface area contributed by atoms with Crippen LogP contribution in [0.3, 0.4) is 0 Å². The van der Waals surface area contributed by atoms with Crippen LogP contribution in [0.4, 0.5) is 14.6 Å². The summed E-state index contributed by atoms with van der Waals surface area (Å²) >= 11 is 0. The van der Waals surface area contributed by atoms with E-state index in [2.05, 4.69) is 14.9 Å². The van der Waals surface area contributed by atoms with Crippen molar-refractivity contribution >= 4 is 11.7 Å². The molecular weight excluding hydrogens is 402 g/mol. The number of nitrogens with zero attached hydrogens (tertiary/aromatic N) is 4. The molecule has 1 saturated heterocycles. The van der Waals surface area contributed by atoms with Gasteiger partial charge in [0.2, 0.25) is 11.8 Å². The molecule has 4 rings (SSSR count).